The normalized spacial score (nSPS) is 15.2. The minimum Gasteiger partial charge on any atom is -0.493 e. The lowest BCUT2D eigenvalue weighted by molar-refractivity contribution is -0.129. The molecule has 138 valence electrons. The molecule has 1 atom stereocenters. The molecule has 2 rings (SSSR count). The lowest BCUT2D eigenvalue weighted by Crippen LogP contribution is -2.38. The van der Waals surface area contributed by atoms with Crippen molar-refractivity contribution >= 4 is 11.8 Å². The number of likely N-dealkylation sites (tertiary alicyclic amines) is 1. The van der Waals surface area contributed by atoms with Crippen LogP contribution in [0.5, 0.6) is 11.5 Å². The van der Waals surface area contributed by atoms with Crippen molar-refractivity contribution in [2.24, 2.45) is 0 Å². The van der Waals surface area contributed by atoms with Gasteiger partial charge >= 0.3 is 0 Å². The second kappa shape index (κ2) is 9.30. The van der Waals surface area contributed by atoms with Crippen molar-refractivity contribution in [2.45, 2.75) is 45.6 Å². The molecule has 1 aliphatic heterocycles. The van der Waals surface area contributed by atoms with Gasteiger partial charge in [0, 0.05) is 31.1 Å². The molecule has 25 heavy (non-hydrogen) atoms. The summed E-state index contributed by atoms with van der Waals surface area (Å²) in [4.78, 5) is 26.2. The first-order chi connectivity index (χ1) is 12.1. The van der Waals surface area contributed by atoms with Crippen LogP contribution in [-0.4, -0.2) is 49.6 Å². The lowest BCUT2D eigenvalue weighted by atomic mass is 10.1. The number of carbonyl (C=O) groups excluding carboxylic acids is 2. The molecule has 1 heterocycles. The average molecular weight is 348 g/mol. The van der Waals surface area contributed by atoms with Gasteiger partial charge in [-0.25, -0.2) is 0 Å². The van der Waals surface area contributed by atoms with E-state index < -0.39 is 0 Å². The molecule has 0 bridgehead atoms. The maximum absolute atomic E-state index is 12.3. The number of rotatable bonds is 9. The Hall–Kier alpha value is -2.24. The fraction of sp³-hybridized carbons (Fsp3) is 0.579. The first-order valence-corrected chi connectivity index (χ1v) is 8.99. The fourth-order valence-electron chi connectivity index (χ4n) is 3.17. The number of amides is 2. The summed E-state index contributed by atoms with van der Waals surface area (Å²) in [5.74, 6) is 1.25. The second-order valence-corrected chi connectivity index (χ2v) is 6.10. The van der Waals surface area contributed by atoms with E-state index in [1.165, 1.54) is 0 Å². The van der Waals surface area contributed by atoms with Crippen LogP contribution < -0.4 is 14.8 Å². The number of ether oxygens (including phenoxy) is 2. The lowest BCUT2D eigenvalue weighted by Gasteiger charge is -2.26. The van der Waals surface area contributed by atoms with E-state index >= 15 is 0 Å². The predicted octanol–water partition coefficient (Wildman–Crippen LogP) is 2.61. The highest BCUT2D eigenvalue weighted by molar-refractivity contribution is 5.94. The van der Waals surface area contributed by atoms with E-state index in [2.05, 4.69) is 12.2 Å². The number of nitrogens with one attached hydrogen (secondary N) is 1. The maximum atomic E-state index is 12.3. The molecule has 6 nitrogen and oxygen atoms in total. The molecule has 2 amide bonds. The quantitative estimate of drug-likeness (QED) is 0.745. The van der Waals surface area contributed by atoms with Gasteiger partial charge in [0.05, 0.1) is 13.7 Å². The van der Waals surface area contributed by atoms with Gasteiger partial charge in [-0.1, -0.05) is 6.92 Å². The van der Waals surface area contributed by atoms with E-state index in [1.54, 1.807) is 25.3 Å². The Morgan fingerprint density at radius 1 is 1.32 bits per heavy atom. The fourth-order valence-corrected chi connectivity index (χ4v) is 3.17. The van der Waals surface area contributed by atoms with Crippen LogP contribution in [-0.2, 0) is 4.79 Å². The van der Waals surface area contributed by atoms with Gasteiger partial charge in [0.15, 0.2) is 11.5 Å². The SMILES string of the molecule is CCOc1ccc(C(=O)NCC[C@H](CC)N2CCCC2=O)cc1OC. The summed E-state index contributed by atoms with van der Waals surface area (Å²) < 4.78 is 10.7. The summed E-state index contributed by atoms with van der Waals surface area (Å²) in [7, 11) is 1.55. The number of methoxy groups -OCH3 is 1. The molecule has 0 spiro atoms. The van der Waals surface area contributed by atoms with Crippen molar-refractivity contribution in [3.05, 3.63) is 23.8 Å². The van der Waals surface area contributed by atoms with Gasteiger partial charge in [0.2, 0.25) is 5.91 Å². The van der Waals surface area contributed by atoms with Gasteiger partial charge in [-0.2, -0.15) is 0 Å². The monoisotopic (exact) mass is 348 g/mol. The number of benzene rings is 1. The van der Waals surface area contributed by atoms with Gasteiger partial charge in [0.1, 0.15) is 0 Å². The van der Waals surface area contributed by atoms with Crippen molar-refractivity contribution in [2.75, 3.05) is 26.8 Å². The van der Waals surface area contributed by atoms with E-state index in [-0.39, 0.29) is 17.9 Å². The molecule has 1 saturated heterocycles. The number of carbonyl (C=O) groups is 2. The Labute approximate surface area is 149 Å². The van der Waals surface area contributed by atoms with Crippen LogP contribution in [0.1, 0.15) is 49.9 Å². The van der Waals surface area contributed by atoms with E-state index in [0.717, 1.165) is 25.8 Å². The largest absolute Gasteiger partial charge is 0.493 e. The smallest absolute Gasteiger partial charge is 0.251 e. The van der Waals surface area contributed by atoms with Gasteiger partial charge in [-0.15, -0.1) is 0 Å². The highest BCUT2D eigenvalue weighted by Crippen LogP contribution is 2.28. The number of hydrogen-bond acceptors (Lipinski definition) is 4. The molecule has 1 aromatic rings. The molecule has 0 aliphatic carbocycles. The van der Waals surface area contributed by atoms with Crippen molar-refractivity contribution in [1.29, 1.82) is 0 Å². The molecule has 1 fully saturated rings. The zero-order chi connectivity index (χ0) is 18.2. The summed E-state index contributed by atoms with van der Waals surface area (Å²) in [6, 6.07) is 5.35. The van der Waals surface area contributed by atoms with Crippen LogP contribution in [0.3, 0.4) is 0 Å². The third-order valence-electron chi connectivity index (χ3n) is 4.51. The number of hydrogen-bond donors (Lipinski definition) is 1. The molecule has 1 aliphatic rings. The van der Waals surface area contributed by atoms with Crippen molar-refractivity contribution in [1.82, 2.24) is 10.2 Å². The summed E-state index contributed by atoms with van der Waals surface area (Å²) in [6.45, 7) is 5.89. The van der Waals surface area contributed by atoms with Gasteiger partial charge < -0.3 is 19.7 Å². The highest BCUT2D eigenvalue weighted by atomic mass is 16.5. The van der Waals surface area contributed by atoms with E-state index in [9.17, 15) is 9.59 Å². The molecule has 0 radical (unpaired) electrons. The zero-order valence-electron chi connectivity index (χ0n) is 15.3. The summed E-state index contributed by atoms with van der Waals surface area (Å²) in [5.41, 5.74) is 0.533. The molecule has 6 heteroatoms. The summed E-state index contributed by atoms with van der Waals surface area (Å²) >= 11 is 0. The zero-order valence-corrected chi connectivity index (χ0v) is 15.3. The Morgan fingerprint density at radius 2 is 2.12 bits per heavy atom. The first-order valence-electron chi connectivity index (χ1n) is 8.99. The summed E-state index contributed by atoms with van der Waals surface area (Å²) in [5, 5.41) is 2.93. The highest BCUT2D eigenvalue weighted by Gasteiger charge is 2.26. The van der Waals surface area contributed by atoms with Crippen molar-refractivity contribution in [3.8, 4) is 11.5 Å². The van der Waals surface area contributed by atoms with Crippen LogP contribution >= 0.6 is 0 Å². The topological polar surface area (TPSA) is 67.9 Å². The van der Waals surface area contributed by atoms with Crippen LogP contribution in [0.2, 0.25) is 0 Å². The average Bonchev–Trinajstić information content (AvgIpc) is 3.05. The van der Waals surface area contributed by atoms with Crippen molar-refractivity contribution in [3.63, 3.8) is 0 Å². The Morgan fingerprint density at radius 3 is 2.72 bits per heavy atom. The molecule has 0 saturated carbocycles. The van der Waals surface area contributed by atoms with Crippen LogP contribution in [0.4, 0.5) is 0 Å². The Kier molecular flexibility index (Phi) is 7.10. The van der Waals surface area contributed by atoms with Crippen LogP contribution in [0.25, 0.3) is 0 Å². The Balaban J connectivity index is 1.90. The van der Waals surface area contributed by atoms with E-state index in [0.29, 0.717) is 36.6 Å². The maximum Gasteiger partial charge on any atom is 0.251 e. The van der Waals surface area contributed by atoms with Crippen molar-refractivity contribution < 1.29 is 19.1 Å². The van der Waals surface area contributed by atoms with Crippen LogP contribution in [0, 0.1) is 0 Å². The van der Waals surface area contributed by atoms with Crippen LogP contribution in [0.15, 0.2) is 18.2 Å². The molecular weight excluding hydrogens is 320 g/mol. The molecule has 1 aromatic carbocycles. The van der Waals surface area contributed by atoms with Gasteiger partial charge in [0.25, 0.3) is 5.91 Å². The standard InChI is InChI=1S/C19H28N2O4/c1-4-15(21-12-6-7-18(21)22)10-11-20-19(23)14-8-9-16(25-5-2)17(13-14)24-3/h8-9,13,15H,4-7,10-12H2,1-3H3,(H,20,23)/t15-/m0/s1. The van der Waals surface area contributed by atoms with Gasteiger partial charge in [-0.05, 0) is 44.4 Å². The van der Waals surface area contributed by atoms with Gasteiger partial charge in [-0.3, -0.25) is 9.59 Å². The minimum absolute atomic E-state index is 0.149. The Bertz CT molecular complexity index is 603. The molecule has 0 unspecified atom stereocenters. The van der Waals surface area contributed by atoms with E-state index in [4.69, 9.17) is 9.47 Å². The molecular formula is C19H28N2O4. The predicted molar refractivity (Wildman–Crippen MR) is 96.1 cm³/mol. The second-order valence-electron chi connectivity index (χ2n) is 6.10. The number of nitrogens with zero attached hydrogens (tertiary/aromatic N) is 1. The molecule has 0 aromatic heterocycles. The minimum atomic E-state index is -0.149. The third-order valence-corrected chi connectivity index (χ3v) is 4.51. The third kappa shape index (κ3) is 4.87. The van der Waals surface area contributed by atoms with E-state index in [1.807, 2.05) is 11.8 Å². The first kappa shape index (κ1) is 19.1. The summed E-state index contributed by atoms with van der Waals surface area (Å²) in [6.07, 6.45) is 3.25. The molecule has 1 N–H and O–H groups in total.